The number of hydrogen-bond acceptors (Lipinski definition) is 4. The third kappa shape index (κ3) is 2.22. The highest BCUT2D eigenvalue weighted by molar-refractivity contribution is 9.10. The largest absolute Gasteiger partial charge is 0.384 e. The molecule has 0 unspecified atom stereocenters. The van der Waals surface area contributed by atoms with Crippen LogP contribution in [0.25, 0.3) is 17.1 Å². The molecule has 2 aromatic heterocycles. The first kappa shape index (κ1) is 11.9. The zero-order valence-electron chi connectivity index (χ0n) is 9.86. The lowest BCUT2D eigenvalue weighted by Crippen LogP contribution is -2.03. The predicted molar refractivity (Wildman–Crippen MR) is 76.7 cm³/mol. The average Bonchev–Trinajstić information content (AvgIpc) is 2.82. The van der Waals surface area contributed by atoms with E-state index in [1.165, 1.54) is 6.33 Å². The van der Waals surface area contributed by atoms with Gasteiger partial charge in [-0.05, 0) is 6.07 Å². The van der Waals surface area contributed by atoms with Crippen LogP contribution in [0.1, 0.15) is 0 Å². The third-order valence-corrected chi connectivity index (χ3v) is 3.36. The second-order valence-corrected chi connectivity index (χ2v) is 4.77. The molecule has 0 radical (unpaired) electrons. The second kappa shape index (κ2) is 4.81. The monoisotopic (exact) mass is 315 g/mol. The molecule has 0 aliphatic rings. The smallest absolute Gasteiger partial charge is 0.159 e. The zero-order chi connectivity index (χ0) is 13.2. The number of aromatic nitrogens is 4. The fourth-order valence-electron chi connectivity index (χ4n) is 1.79. The Morgan fingerprint density at radius 1 is 1.16 bits per heavy atom. The molecule has 94 valence electrons. The van der Waals surface area contributed by atoms with Gasteiger partial charge >= 0.3 is 0 Å². The Labute approximate surface area is 118 Å². The molecule has 3 rings (SSSR count). The fraction of sp³-hybridized carbons (Fsp3) is 0. The van der Waals surface area contributed by atoms with E-state index in [0.717, 1.165) is 15.7 Å². The van der Waals surface area contributed by atoms with Gasteiger partial charge in [-0.15, -0.1) is 0 Å². The molecule has 0 saturated carbocycles. The maximum Gasteiger partial charge on any atom is 0.159 e. The van der Waals surface area contributed by atoms with E-state index in [-0.39, 0.29) is 0 Å². The number of hydrogen-bond donors (Lipinski definition) is 1. The van der Waals surface area contributed by atoms with Gasteiger partial charge in [-0.3, -0.25) is 0 Å². The molecule has 5 nitrogen and oxygen atoms in total. The summed E-state index contributed by atoms with van der Waals surface area (Å²) < 4.78 is 2.57. The minimum atomic E-state index is 0.532. The minimum Gasteiger partial charge on any atom is -0.384 e. The van der Waals surface area contributed by atoms with E-state index in [1.807, 2.05) is 30.3 Å². The predicted octanol–water partition coefficient (Wildman–Crippen LogP) is 2.67. The van der Waals surface area contributed by atoms with E-state index >= 15 is 0 Å². The lowest BCUT2D eigenvalue weighted by molar-refractivity contribution is 0.852. The molecule has 1 aromatic carbocycles. The minimum absolute atomic E-state index is 0.532. The molecule has 19 heavy (non-hydrogen) atoms. The van der Waals surface area contributed by atoms with Crippen LogP contribution in [0, 0.1) is 0 Å². The van der Waals surface area contributed by atoms with Crippen molar-refractivity contribution in [2.24, 2.45) is 0 Å². The van der Waals surface area contributed by atoms with Gasteiger partial charge in [-0.2, -0.15) is 9.78 Å². The summed E-state index contributed by atoms with van der Waals surface area (Å²) in [6.07, 6.45) is 3.12. The standard InChI is InChI=1S/C13H10BrN5/c14-10-4-2-1-3-9(10)11-7-12(15)19(18-11)13-5-6-16-8-17-13/h1-8H,15H2. The molecule has 0 spiro atoms. The molecule has 0 saturated heterocycles. The van der Waals surface area contributed by atoms with Crippen LogP contribution in [-0.4, -0.2) is 19.7 Å². The average molecular weight is 316 g/mol. The maximum atomic E-state index is 5.99. The van der Waals surface area contributed by atoms with Crippen LogP contribution in [0.2, 0.25) is 0 Å². The maximum absolute atomic E-state index is 5.99. The van der Waals surface area contributed by atoms with E-state index < -0.39 is 0 Å². The van der Waals surface area contributed by atoms with E-state index in [0.29, 0.717) is 11.6 Å². The van der Waals surface area contributed by atoms with Gasteiger partial charge in [0.05, 0.1) is 5.69 Å². The first-order valence-electron chi connectivity index (χ1n) is 5.62. The van der Waals surface area contributed by atoms with Crippen molar-refractivity contribution in [2.45, 2.75) is 0 Å². The summed E-state index contributed by atoms with van der Waals surface area (Å²) in [6, 6.07) is 11.4. The summed E-state index contributed by atoms with van der Waals surface area (Å²) >= 11 is 3.51. The quantitative estimate of drug-likeness (QED) is 0.789. The van der Waals surface area contributed by atoms with Crippen LogP contribution < -0.4 is 5.73 Å². The SMILES string of the molecule is Nc1cc(-c2ccccc2Br)nn1-c1ccncn1. The summed E-state index contributed by atoms with van der Waals surface area (Å²) in [4.78, 5) is 8.02. The summed E-state index contributed by atoms with van der Waals surface area (Å²) in [5.41, 5.74) is 7.77. The highest BCUT2D eigenvalue weighted by Crippen LogP contribution is 2.28. The van der Waals surface area contributed by atoms with Crippen LogP contribution in [0.3, 0.4) is 0 Å². The Morgan fingerprint density at radius 2 is 2.00 bits per heavy atom. The van der Waals surface area contributed by atoms with Crippen molar-refractivity contribution < 1.29 is 0 Å². The van der Waals surface area contributed by atoms with Crippen molar-refractivity contribution in [3.63, 3.8) is 0 Å². The Balaban J connectivity index is 2.10. The van der Waals surface area contributed by atoms with Gasteiger partial charge in [0.15, 0.2) is 5.82 Å². The third-order valence-electron chi connectivity index (χ3n) is 2.67. The molecule has 0 aliphatic carbocycles. The molecule has 3 aromatic rings. The van der Waals surface area contributed by atoms with Crippen molar-refractivity contribution >= 4 is 21.7 Å². The number of halogens is 1. The number of nitrogen functional groups attached to an aromatic ring is 1. The number of anilines is 1. The Bertz CT molecular complexity index is 708. The van der Waals surface area contributed by atoms with Gasteiger partial charge in [0, 0.05) is 28.4 Å². The Kier molecular flexibility index (Phi) is 3.00. The van der Waals surface area contributed by atoms with E-state index in [2.05, 4.69) is 31.0 Å². The molecule has 0 fully saturated rings. The first-order chi connectivity index (χ1) is 9.25. The van der Waals surface area contributed by atoms with Crippen molar-refractivity contribution in [2.75, 3.05) is 5.73 Å². The molecular weight excluding hydrogens is 306 g/mol. The Morgan fingerprint density at radius 3 is 2.74 bits per heavy atom. The summed E-state index contributed by atoms with van der Waals surface area (Å²) in [6.45, 7) is 0. The van der Waals surface area contributed by atoms with E-state index in [1.54, 1.807) is 16.9 Å². The molecule has 2 heterocycles. The topological polar surface area (TPSA) is 69.6 Å². The first-order valence-corrected chi connectivity index (χ1v) is 6.42. The van der Waals surface area contributed by atoms with Crippen LogP contribution in [0.15, 0.2) is 53.4 Å². The van der Waals surface area contributed by atoms with Gasteiger partial charge in [-0.25, -0.2) is 9.97 Å². The van der Waals surface area contributed by atoms with E-state index in [9.17, 15) is 0 Å². The van der Waals surface area contributed by atoms with Gasteiger partial charge in [0.25, 0.3) is 0 Å². The van der Waals surface area contributed by atoms with Crippen LogP contribution in [0.4, 0.5) is 5.82 Å². The van der Waals surface area contributed by atoms with Gasteiger partial charge in [-0.1, -0.05) is 34.1 Å². The molecule has 0 atom stereocenters. The molecule has 0 aliphatic heterocycles. The van der Waals surface area contributed by atoms with Gasteiger partial charge in [0.1, 0.15) is 12.1 Å². The van der Waals surface area contributed by atoms with Gasteiger partial charge in [0.2, 0.25) is 0 Å². The second-order valence-electron chi connectivity index (χ2n) is 3.91. The van der Waals surface area contributed by atoms with E-state index in [4.69, 9.17) is 5.73 Å². The van der Waals surface area contributed by atoms with Crippen molar-refractivity contribution in [3.05, 3.63) is 53.4 Å². The normalized spacial score (nSPS) is 10.6. The molecule has 6 heteroatoms. The van der Waals surface area contributed by atoms with Crippen LogP contribution >= 0.6 is 15.9 Å². The number of nitrogens with zero attached hydrogens (tertiary/aromatic N) is 4. The lowest BCUT2D eigenvalue weighted by Gasteiger charge is -2.01. The summed E-state index contributed by atoms with van der Waals surface area (Å²) in [5, 5.41) is 4.48. The Hall–Kier alpha value is -2.21. The number of benzene rings is 1. The van der Waals surface area contributed by atoms with Crippen LogP contribution in [0.5, 0.6) is 0 Å². The van der Waals surface area contributed by atoms with Crippen LogP contribution in [-0.2, 0) is 0 Å². The van der Waals surface area contributed by atoms with Gasteiger partial charge < -0.3 is 5.73 Å². The highest BCUT2D eigenvalue weighted by Gasteiger charge is 2.11. The zero-order valence-corrected chi connectivity index (χ0v) is 11.4. The fourth-order valence-corrected chi connectivity index (χ4v) is 2.28. The van der Waals surface area contributed by atoms with Crippen molar-refractivity contribution in [1.82, 2.24) is 19.7 Å². The van der Waals surface area contributed by atoms with Crippen molar-refractivity contribution in [1.29, 1.82) is 0 Å². The molecule has 0 amide bonds. The molecular formula is C13H10BrN5. The highest BCUT2D eigenvalue weighted by atomic mass is 79.9. The summed E-state index contributed by atoms with van der Waals surface area (Å²) in [7, 11) is 0. The summed E-state index contributed by atoms with van der Waals surface area (Å²) in [5.74, 6) is 1.18. The molecule has 2 N–H and O–H groups in total. The van der Waals surface area contributed by atoms with Crippen molar-refractivity contribution in [3.8, 4) is 17.1 Å². The number of rotatable bonds is 2. The lowest BCUT2D eigenvalue weighted by atomic mass is 10.1. The number of nitrogens with two attached hydrogens (primary N) is 1. The molecule has 0 bridgehead atoms.